The lowest BCUT2D eigenvalue weighted by molar-refractivity contribution is -0.141. The van der Waals surface area contributed by atoms with Crippen LogP contribution in [0.5, 0.6) is 0 Å². The van der Waals surface area contributed by atoms with Gasteiger partial charge in [-0.05, 0) is 36.3 Å². The van der Waals surface area contributed by atoms with Gasteiger partial charge >= 0.3 is 17.9 Å². The fourth-order valence-corrected chi connectivity index (χ4v) is 7.09. The lowest BCUT2D eigenvalue weighted by atomic mass is 9.84. The maximum atomic E-state index is 14.7. The number of carbonyl (C=O) groups excluding carboxylic acids is 5. The molecular formula is C41H55N5O11S. The predicted octanol–water partition coefficient (Wildman–Crippen LogP) is 2.61. The van der Waals surface area contributed by atoms with Crippen molar-refractivity contribution in [3.05, 3.63) is 71.8 Å². The maximum absolute atomic E-state index is 14.7. The Morgan fingerprint density at radius 1 is 0.586 bits per heavy atom. The van der Waals surface area contributed by atoms with E-state index in [1.165, 1.54) is 0 Å². The molecule has 316 valence electrons. The summed E-state index contributed by atoms with van der Waals surface area (Å²) in [5.74, 6) is -9.52. The van der Waals surface area contributed by atoms with Crippen LogP contribution in [0.25, 0.3) is 0 Å². The van der Waals surface area contributed by atoms with Gasteiger partial charge in [0.2, 0.25) is 29.5 Å². The number of carbonyl (C=O) groups is 8. The van der Waals surface area contributed by atoms with Crippen molar-refractivity contribution in [1.29, 1.82) is 0 Å². The summed E-state index contributed by atoms with van der Waals surface area (Å²) in [6.07, 6.45) is 2.77. The molecule has 0 radical (unpaired) electrons. The molecule has 8 N–H and O–H groups in total. The van der Waals surface area contributed by atoms with Crippen LogP contribution in [0.2, 0.25) is 0 Å². The molecule has 3 rings (SSSR count). The lowest BCUT2D eigenvalue weighted by Crippen LogP contribution is -2.60. The highest BCUT2D eigenvalue weighted by molar-refractivity contribution is 7.80. The Labute approximate surface area is 343 Å². The Kier molecular flexibility index (Phi) is 19.2. The molecule has 17 heteroatoms. The van der Waals surface area contributed by atoms with Crippen LogP contribution in [0.4, 0.5) is 0 Å². The van der Waals surface area contributed by atoms with Gasteiger partial charge in [0.25, 0.3) is 0 Å². The zero-order valence-electron chi connectivity index (χ0n) is 32.7. The highest BCUT2D eigenvalue weighted by atomic mass is 32.1. The number of nitrogens with one attached hydrogen (secondary N) is 5. The Balaban J connectivity index is 2.06. The SMILES string of the molecule is CC(C)C(=O)N[C@@H](CCC(=O)O)C(=O)N[C@H](C(=O)N[C@@H](CCC(=O)O)C(=O)N[C@@H](CC1CCCCC1)C(=O)N[C@@H](CS)C(=O)O)C(c1ccccc1)c1ccccc1. The van der Waals surface area contributed by atoms with Crippen LogP contribution in [0.3, 0.4) is 0 Å². The van der Waals surface area contributed by atoms with E-state index in [-0.39, 0.29) is 24.5 Å². The molecule has 5 amide bonds. The molecule has 0 heterocycles. The van der Waals surface area contributed by atoms with Crippen molar-refractivity contribution in [2.75, 3.05) is 5.75 Å². The van der Waals surface area contributed by atoms with Crippen molar-refractivity contribution in [3.8, 4) is 0 Å². The summed E-state index contributed by atoms with van der Waals surface area (Å²) in [7, 11) is 0. The summed E-state index contributed by atoms with van der Waals surface area (Å²) in [5.41, 5.74) is 1.13. The number of carboxylic acids is 3. The molecule has 1 aliphatic rings. The maximum Gasteiger partial charge on any atom is 0.327 e. The number of carboxylic acid groups (broad SMARTS) is 3. The number of rotatable bonds is 23. The van der Waals surface area contributed by atoms with Crippen molar-refractivity contribution in [2.24, 2.45) is 11.8 Å². The fraction of sp³-hybridized carbons (Fsp3) is 0.512. The van der Waals surface area contributed by atoms with E-state index in [1.54, 1.807) is 74.5 Å². The van der Waals surface area contributed by atoms with Crippen LogP contribution in [0, 0.1) is 11.8 Å². The molecule has 0 unspecified atom stereocenters. The fourth-order valence-electron chi connectivity index (χ4n) is 6.84. The van der Waals surface area contributed by atoms with Crippen molar-refractivity contribution in [1.82, 2.24) is 26.6 Å². The minimum Gasteiger partial charge on any atom is -0.481 e. The van der Waals surface area contributed by atoms with E-state index in [2.05, 4.69) is 39.2 Å². The number of hydrogen-bond donors (Lipinski definition) is 9. The number of aliphatic carboxylic acids is 3. The first-order valence-electron chi connectivity index (χ1n) is 19.5. The molecule has 0 aliphatic heterocycles. The minimum atomic E-state index is -1.56. The third-order valence-electron chi connectivity index (χ3n) is 10.0. The van der Waals surface area contributed by atoms with E-state index in [0.29, 0.717) is 11.1 Å². The zero-order valence-corrected chi connectivity index (χ0v) is 33.6. The quantitative estimate of drug-likeness (QED) is 0.0736. The molecule has 58 heavy (non-hydrogen) atoms. The summed E-state index contributed by atoms with van der Waals surface area (Å²) in [6.45, 7) is 3.18. The summed E-state index contributed by atoms with van der Waals surface area (Å²) in [5, 5.41) is 41.5. The summed E-state index contributed by atoms with van der Waals surface area (Å²) in [6, 6.07) is 10.3. The standard InChI is InChI=1S/C41H55N5O11S/c1-24(2)36(51)42-29(19-21-33(49)50)38(53)46-35(34(26-14-8-4-9-15-26)27-16-10-5-11-17-27)40(55)43-28(18-20-32(47)48)37(52)44-30(22-25-12-6-3-7-13-25)39(54)45-31(23-58)41(56)57/h4-5,8-11,14-17,24-25,28-31,34-35,58H,3,6-7,12-13,18-23H2,1-2H3,(H,42,51)(H,43,55)(H,44,52)(H,45,54)(H,46,53)(H,47,48)(H,49,50)(H,56,57)/t28-,29-,30-,31-,35-/m0/s1. The van der Waals surface area contributed by atoms with E-state index in [1.807, 2.05) is 0 Å². The molecule has 2 aromatic rings. The molecule has 0 aromatic heterocycles. The van der Waals surface area contributed by atoms with Gasteiger partial charge in [-0.3, -0.25) is 33.6 Å². The van der Waals surface area contributed by atoms with Crippen molar-refractivity contribution >= 4 is 60.1 Å². The van der Waals surface area contributed by atoms with Crippen LogP contribution >= 0.6 is 12.6 Å². The minimum absolute atomic E-state index is 0.0264. The first-order valence-corrected chi connectivity index (χ1v) is 20.1. The molecule has 1 saturated carbocycles. The average molecular weight is 826 g/mol. The molecular weight excluding hydrogens is 771 g/mol. The van der Waals surface area contributed by atoms with Crippen LogP contribution in [-0.2, 0) is 38.4 Å². The third-order valence-corrected chi connectivity index (χ3v) is 10.4. The molecule has 1 fully saturated rings. The van der Waals surface area contributed by atoms with Gasteiger partial charge in [0.15, 0.2) is 0 Å². The highest BCUT2D eigenvalue weighted by Crippen LogP contribution is 2.30. The highest BCUT2D eigenvalue weighted by Gasteiger charge is 2.38. The van der Waals surface area contributed by atoms with Crippen molar-refractivity contribution in [3.63, 3.8) is 0 Å². The second kappa shape index (κ2) is 23.7. The van der Waals surface area contributed by atoms with Crippen LogP contribution in [0.1, 0.15) is 95.1 Å². The van der Waals surface area contributed by atoms with Crippen LogP contribution in [0.15, 0.2) is 60.7 Å². The normalized spacial score (nSPS) is 15.5. The van der Waals surface area contributed by atoms with Crippen LogP contribution < -0.4 is 26.6 Å². The summed E-state index contributed by atoms with van der Waals surface area (Å²) >= 11 is 4.02. The van der Waals surface area contributed by atoms with Gasteiger partial charge in [-0.1, -0.05) is 107 Å². The van der Waals surface area contributed by atoms with Gasteiger partial charge < -0.3 is 41.9 Å². The second-order valence-corrected chi connectivity index (χ2v) is 15.2. The lowest BCUT2D eigenvalue weighted by Gasteiger charge is -2.32. The first-order chi connectivity index (χ1) is 27.6. The van der Waals surface area contributed by atoms with E-state index in [4.69, 9.17) is 0 Å². The molecule has 0 bridgehead atoms. The Morgan fingerprint density at radius 3 is 1.47 bits per heavy atom. The van der Waals surface area contributed by atoms with Gasteiger partial charge in [-0.15, -0.1) is 0 Å². The van der Waals surface area contributed by atoms with Gasteiger partial charge in [-0.25, -0.2) is 4.79 Å². The average Bonchev–Trinajstić information content (AvgIpc) is 3.20. The van der Waals surface area contributed by atoms with Crippen molar-refractivity contribution in [2.45, 2.75) is 114 Å². The summed E-state index contributed by atoms with van der Waals surface area (Å²) < 4.78 is 0. The van der Waals surface area contributed by atoms with Crippen molar-refractivity contribution < 1.29 is 53.7 Å². The van der Waals surface area contributed by atoms with E-state index < -0.39 is 109 Å². The largest absolute Gasteiger partial charge is 0.481 e. The first kappa shape index (κ1) is 46.9. The van der Waals surface area contributed by atoms with Gasteiger partial charge in [0.1, 0.15) is 30.2 Å². The Hall–Kier alpha value is -5.45. The van der Waals surface area contributed by atoms with Gasteiger partial charge in [0, 0.05) is 30.4 Å². The molecule has 0 spiro atoms. The zero-order chi connectivity index (χ0) is 42.8. The smallest absolute Gasteiger partial charge is 0.327 e. The van der Waals surface area contributed by atoms with Gasteiger partial charge in [-0.2, -0.15) is 12.6 Å². The number of hydrogen-bond acceptors (Lipinski definition) is 9. The van der Waals surface area contributed by atoms with E-state index >= 15 is 0 Å². The number of amides is 5. The third kappa shape index (κ3) is 15.1. The molecule has 2 aromatic carbocycles. The molecule has 5 atom stereocenters. The predicted molar refractivity (Wildman–Crippen MR) is 216 cm³/mol. The summed E-state index contributed by atoms with van der Waals surface area (Å²) in [4.78, 5) is 104. The van der Waals surface area contributed by atoms with Crippen LogP contribution in [-0.4, -0.2) is 98.7 Å². The topological polar surface area (TPSA) is 257 Å². The Morgan fingerprint density at radius 2 is 1.02 bits per heavy atom. The van der Waals surface area contributed by atoms with Gasteiger partial charge in [0.05, 0.1) is 0 Å². The molecule has 1 aliphatic carbocycles. The monoisotopic (exact) mass is 825 g/mol. The second-order valence-electron chi connectivity index (χ2n) is 14.8. The Bertz CT molecular complexity index is 1680. The number of thiol groups is 1. The van der Waals surface area contributed by atoms with E-state index in [0.717, 1.165) is 32.1 Å². The van der Waals surface area contributed by atoms with E-state index in [9.17, 15) is 53.7 Å². The number of benzene rings is 2. The molecule has 16 nitrogen and oxygen atoms in total. The molecule has 0 saturated heterocycles.